The summed E-state index contributed by atoms with van der Waals surface area (Å²) in [4.78, 5) is 0.722. The summed E-state index contributed by atoms with van der Waals surface area (Å²) < 4.78 is 26.7. The van der Waals surface area contributed by atoms with Crippen LogP contribution < -0.4 is 0 Å². The van der Waals surface area contributed by atoms with Crippen molar-refractivity contribution in [3.05, 3.63) is 64.1 Å². The number of thioether (sulfide) groups is 1. The van der Waals surface area contributed by atoms with Crippen molar-refractivity contribution < 1.29 is 8.78 Å². The zero-order valence-electron chi connectivity index (χ0n) is 8.79. The molecule has 2 rings (SSSR count). The lowest BCUT2D eigenvalue weighted by molar-refractivity contribution is 0.506. The second kappa shape index (κ2) is 5.65. The number of halogens is 3. The summed E-state index contributed by atoms with van der Waals surface area (Å²) in [5, 5.41) is 0. The number of hydrogen-bond acceptors (Lipinski definition) is 1. The highest BCUT2D eigenvalue weighted by Gasteiger charge is 2.04. The van der Waals surface area contributed by atoms with Gasteiger partial charge in [-0.05, 0) is 29.8 Å². The first-order chi connectivity index (χ1) is 8.16. The second-order valence-electron chi connectivity index (χ2n) is 3.46. The zero-order chi connectivity index (χ0) is 12.3. The summed E-state index contributed by atoms with van der Waals surface area (Å²) in [6.07, 6.45) is 0. The van der Waals surface area contributed by atoms with Crippen molar-refractivity contribution in [2.75, 3.05) is 0 Å². The van der Waals surface area contributed by atoms with Gasteiger partial charge in [0.25, 0.3) is 0 Å². The van der Waals surface area contributed by atoms with E-state index in [0.29, 0.717) is 5.75 Å². The van der Waals surface area contributed by atoms with Crippen LogP contribution in [0.2, 0.25) is 0 Å². The van der Waals surface area contributed by atoms with E-state index < -0.39 is 11.6 Å². The third-order valence-corrected chi connectivity index (χ3v) is 4.06. The minimum Gasteiger partial charge on any atom is -0.204 e. The fourth-order valence-electron chi connectivity index (χ4n) is 1.34. The first-order valence-corrected chi connectivity index (χ1v) is 6.76. The highest BCUT2D eigenvalue weighted by Crippen LogP contribution is 2.27. The zero-order valence-corrected chi connectivity index (χ0v) is 11.2. The Morgan fingerprint density at radius 2 is 1.76 bits per heavy atom. The maximum Gasteiger partial charge on any atom is 0.159 e. The van der Waals surface area contributed by atoms with Crippen LogP contribution in [0.1, 0.15) is 5.56 Å². The maximum absolute atomic E-state index is 13.0. The van der Waals surface area contributed by atoms with Crippen LogP contribution in [-0.4, -0.2) is 0 Å². The lowest BCUT2D eigenvalue weighted by atomic mass is 10.2. The van der Waals surface area contributed by atoms with E-state index in [4.69, 9.17) is 0 Å². The average Bonchev–Trinajstić information content (AvgIpc) is 2.32. The highest BCUT2D eigenvalue weighted by molar-refractivity contribution is 9.10. The molecule has 0 aromatic heterocycles. The minimum absolute atomic E-state index is 0.715. The molecule has 2 aromatic carbocycles. The predicted octanol–water partition coefficient (Wildman–Crippen LogP) is 5.02. The van der Waals surface area contributed by atoms with E-state index >= 15 is 0 Å². The number of rotatable bonds is 3. The van der Waals surface area contributed by atoms with Crippen LogP contribution in [0.15, 0.2) is 51.8 Å². The molecule has 0 amide bonds. The van der Waals surface area contributed by atoms with Gasteiger partial charge in [-0.25, -0.2) is 8.78 Å². The van der Waals surface area contributed by atoms with Gasteiger partial charge in [0, 0.05) is 15.1 Å². The Balaban J connectivity index is 2.08. The summed E-state index contributed by atoms with van der Waals surface area (Å²) in [6, 6.07) is 11.8. The monoisotopic (exact) mass is 314 g/mol. The van der Waals surface area contributed by atoms with Crippen molar-refractivity contribution in [3.63, 3.8) is 0 Å². The molecule has 17 heavy (non-hydrogen) atoms. The molecule has 0 aliphatic rings. The van der Waals surface area contributed by atoms with Gasteiger partial charge in [-0.2, -0.15) is 0 Å². The molecule has 0 heterocycles. The van der Waals surface area contributed by atoms with E-state index in [2.05, 4.69) is 15.9 Å². The Labute approximate surface area is 111 Å². The highest BCUT2D eigenvalue weighted by atomic mass is 79.9. The molecular formula is C13H9BrF2S. The molecule has 0 radical (unpaired) electrons. The fraction of sp³-hybridized carbons (Fsp3) is 0.0769. The Morgan fingerprint density at radius 1 is 1.00 bits per heavy atom. The van der Waals surface area contributed by atoms with Gasteiger partial charge in [-0.15, -0.1) is 11.8 Å². The molecule has 0 unspecified atom stereocenters. The Morgan fingerprint density at radius 3 is 2.47 bits per heavy atom. The van der Waals surface area contributed by atoms with E-state index in [1.807, 2.05) is 24.3 Å². The Kier molecular flexibility index (Phi) is 4.18. The first kappa shape index (κ1) is 12.6. The van der Waals surface area contributed by atoms with Gasteiger partial charge in [-0.1, -0.05) is 34.1 Å². The van der Waals surface area contributed by atoms with Crippen molar-refractivity contribution in [2.24, 2.45) is 0 Å². The van der Waals surface area contributed by atoms with Crippen molar-refractivity contribution in [3.8, 4) is 0 Å². The van der Waals surface area contributed by atoms with Crippen LogP contribution in [0.25, 0.3) is 0 Å². The normalized spacial score (nSPS) is 10.5. The average molecular weight is 315 g/mol. The fourth-order valence-corrected chi connectivity index (χ4v) is 2.88. The molecule has 0 spiro atoms. The lowest BCUT2D eigenvalue weighted by Gasteiger charge is -2.04. The standard InChI is InChI=1S/C13H9BrF2S/c14-11-4-2-1-3-9(11)8-17-10-5-6-12(15)13(16)7-10/h1-7H,8H2. The van der Waals surface area contributed by atoms with Crippen LogP contribution in [0.3, 0.4) is 0 Å². The van der Waals surface area contributed by atoms with E-state index in [1.54, 1.807) is 6.07 Å². The molecule has 4 heteroatoms. The molecular weight excluding hydrogens is 306 g/mol. The Bertz CT molecular complexity index is 529. The van der Waals surface area contributed by atoms with Crippen LogP contribution in [-0.2, 0) is 5.75 Å². The van der Waals surface area contributed by atoms with Crippen LogP contribution >= 0.6 is 27.7 Å². The van der Waals surface area contributed by atoms with Crippen molar-refractivity contribution in [2.45, 2.75) is 10.6 Å². The summed E-state index contributed by atoms with van der Waals surface area (Å²) in [5.74, 6) is -0.899. The van der Waals surface area contributed by atoms with Gasteiger partial charge in [0.05, 0.1) is 0 Å². The summed E-state index contributed by atoms with van der Waals surface area (Å²) >= 11 is 4.92. The van der Waals surface area contributed by atoms with Crippen LogP contribution in [0.5, 0.6) is 0 Å². The molecule has 0 nitrogen and oxygen atoms in total. The van der Waals surface area contributed by atoms with Gasteiger partial charge >= 0.3 is 0 Å². The molecule has 0 saturated heterocycles. The smallest absolute Gasteiger partial charge is 0.159 e. The summed E-state index contributed by atoms with van der Waals surface area (Å²) in [7, 11) is 0. The van der Waals surface area contributed by atoms with E-state index in [1.165, 1.54) is 17.8 Å². The number of benzene rings is 2. The third kappa shape index (κ3) is 3.30. The van der Waals surface area contributed by atoms with Crippen molar-refractivity contribution in [1.82, 2.24) is 0 Å². The van der Waals surface area contributed by atoms with Gasteiger partial charge in [0.15, 0.2) is 11.6 Å². The first-order valence-electron chi connectivity index (χ1n) is 4.98. The van der Waals surface area contributed by atoms with Crippen molar-refractivity contribution >= 4 is 27.7 Å². The van der Waals surface area contributed by atoms with E-state index in [9.17, 15) is 8.78 Å². The van der Waals surface area contributed by atoms with Crippen molar-refractivity contribution in [1.29, 1.82) is 0 Å². The summed E-state index contributed by atoms with van der Waals surface area (Å²) in [5.41, 5.74) is 1.13. The van der Waals surface area contributed by atoms with Gasteiger partial charge in [-0.3, -0.25) is 0 Å². The molecule has 0 atom stereocenters. The van der Waals surface area contributed by atoms with Crippen LogP contribution in [0, 0.1) is 11.6 Å². The second-order valence-corrected chi connectivity index (χ2v) is 5.36. The van der Waals surface area contributed by atoms with E-state index in [0.717, 1.165) is 21.0 Å². The molecule has 2 aromatic rings. The molecule has 0 N–H and O–H groups in total. The maximum atomic E-state index is 13.0. The largest absolute Gasteiger partial charge is 0.204 e. The van der Waals surface area contributed by atoms with Gasteiger partial charge in [0.2, 0.25) is 0 Å². The van der Waals surface area contributed by atoms with Gasteiger partial charge < -0.3 is 0 Å². The van der Waals surface area contributed by atoms with Crippen LogP contribution in [0.4, 0.5) is 8.78 Å². The molecule has 88 valence electrons. The molecule has 0 saturated carbocycles. The lowest BCUT2D eigenvalue weighted by Crippen LogP contribution is -1.85. The molecule has 0 bridgehead atoms. The van der Waals surface area contributed by atoms with E-state index in [-0.39, 0.29) is 0 Å². The SMILES string of the molecule is Fc1ccc(SCc2ccccc2Br)cc1F. The topological polar surface area (TPSA) is 0 Å². The molecule has 0 aliphatic heterocycles. The summed E-state index contributed by atoms with van der Waals surface area (Å²) in [6.45, 7) is 0. The number of hydrogen-bond donors (Lipinski definition) is 0. The predicted molar refractivity (Wildman–Crippen MR) is 70.1 cm³/mol. The third-order valence-electron chi connectivity index (χ3n) is 2.24. The quantitative estimate of drug-likeness (QED) is 0.717. The Hall–Kier alpha value is -0.870. The molecule has 0 fully saturated rings. The molecule has 0 aliphatic carbocycles. The minimum atomic E-state index is -0.810. The van der Waals surface area contributed by atoms with Gasteiger partial charge in [0.1, 0.15) is 0 Å².